The van der Waals surface area contributed by atoms with Crippen LogP contribution in [0.2, 0.25) is 5.02 Å². The molecule has 2 nitrogen and oxygen atoms in total. The molecule has 1 aliphatic rings. The van der Waals surface area contributed by atoms with Gasteiger partial charge in [0.05, 0.1) is 6.10 Å². The van der Waals surface area contributed by atoms with E-state index in [-0.39, 0.29) is 6.04 Å². The molecule has 3 heteroatoms. The molecule has 0 amide bonds. The van der Waals surface area contributed by atoms with Crippen LogP contribution in [-0.2, 0) is 0 Å². The molecule has 0 saturated heterocycles. The van der Waals surface area contributed by atoms with Gasteiger partial charge in [0.15, 0.2) is 0 Å². The van der Waals surface area contributed by atoms with Gasteiger partial charge in [0, 0.05) is 16.6 Å². The minimum absolute atomic E-state index is 0.0488. The van der Waals surface area contributed by atoms with Crippen molar-refractivity contribution in [3.8, 4) is 5.75 Å². The van der Waals surface area contributed by atoms with Crippen LogP contribution in [0.15, 0.2) is 18.2 Å². The SMILES string of the molecule is C[C@@H](N)c1cc(Cl)ccc1OC1CCCCC1. The Hall–Kier alpha value is -0.730. The Balaban J connectivity index is 2.13. The van der Waals surface area contributed by atoms with Crippen molar-refractivity contribution < 1.29 is 4.74 Å². The first-order valence-corrected chi connectivity index (χ1v) is 6.76. The van der Waals surface area contributed by atoms with E-state index in [1.165, 1.54) is 19.3 Å². The topological polar surface area (TPSA) is 35.2 Å². The van der Waals surface area contributed by atoms with Crippen molar-refractivity contribution >= 4 is 11.6 Å². The number of hydrogen-bond acceptors (Lipinski definition) is 2. The summed E-state index contributed by atoms with van der Waals surface area (Å²) in [5.41, 5.74) is 6.95. The van der Waals surface area contributed by atoms with Gasteiger partial charge in [-0.15, -0.1) is 0 Å². The lowest BCUT2D eigenvalue weighted by Crippen LogP contribution is -2.21. The number of rotatable bonds is 3. The van der Waals surface area contributed by atoms with E-state index in [9.17, 15) is 0 Å². The van der Waals surface area contributed by atoms with Crippen LogP contribution in [0.5, 0.6) is 5.75 Å². The number of benzene rings is 1. The van der Waals surface area contributed by atoms with Crippen molar-refractivity contribution in [3.05, 3.63) is 28.8 Å². The molecule has 0 bridgehead atoms. The fraction of sp³-hybridized carbons (Fsp3) is 0.571. The lowest BCUT2D eigenvalue weighted by Gasteiger charge is -2.25. The summed E-state index contributed by atoms with van der Waals surface area (Å²) in [4.78, 5) is 0. The third-order valence-corrected chi connectivity index (χ3v) is 3.54. The zero-order valence-electron chi connectivity index (χ0n) is 10.3. The summed E-state index contributed by atoms with van der Waals surface area (Å²) in [6.45, 7) is 1.96. The van der Waals surface area contributed by atoms with Crippen molar-refractivity contribution in [2.45, 2.75) is 51.2 Å². The molecule has 1 aliphatic carbocycles. The summed E-state index contributed by atoms with van der Waals surface area (Å²) >= 11 is 5.99. The van der Waals surface area contributed by atoms with Gasteiger partial charge >= 0.3 is 0 Å². The highest BCUT2D eigenvalue weighted by Crippen LogP contribution is 2.30. The van der Waals surface area contributed by atoms with E-state index in [2.05, 4.69) is 0 Å². The number of ether oxygens (including phenoxy) is 1. The smallest absolute Gasteiger partial charge is 0.124 e. The van der Waals surface area contributed by atoms with Crippen molar-refractivity contribution in [2.75, 3.05) is 0 Å². The standard InChI is InChI=1S/C14H20ClNO/c1-10(16)13-9-11(15)7-8-14(13)17-12-5-3-2-4-6-12/h7-10,12H,2-6,16H2,1H3/t10-/m1/s1. The van der Waals surface area contributed by atoms with E-state index in [4.69, 9.17) is 22.1 Å². The monoisotopic (exact) mass is 253 g/mol. The van der Waals surface area contributed by atoms with Crippen LogP contribution in [0.1, 0.15) is 50.6 Å². The second kappa shape index (κ2) is 5.74. The fourth-order valence-electron chi connectivity index (χ4n) is 2.35. The average molecular weight is 254 g/mol. The van der Waals surface area contributed by atoms with Crippen LogP contribution in [-0.4, -0.2) is 6.10 Å². The van der Waals surface area contributed by atoms with Gasteiger partial charge in [0.2, 0.25) is 0 Å². The minimum atomic E-state index is -0.0488. The second-order valence-corrected chi connectivity index (χ2v) is 5.29. The summed E-state index contributed by atoms with van der Waals surface area (Å²) in [7, 11) is 0. The molecule has 0 radical (unpaired) electrons. The van der Waals surface area contributed by atoms with Crippen LogP contribution < -0.4 is 10.5 Å². The first kappa shape index (κ1) is 12.7. The van der Waals surface area contributed by atoms with Crippen LogP contribution >= 0.6 is 11.6 Å². The molecule has 1 aromatic carbocycles. The van der Waals surface area contributed by atoms with E-state index in [0.29, 0.717) is 11.1 Å². The Labute approximate surface area is 108 Å². The quantitative estimate of drug-likeness (QED) is 0.881. The highest BCUT2D eigenvalue weighted by atomic mass is 35.5. The van der Waals surface area contributed by atoms with Crippen molar-refractivity contribution in [1.29, 1.82) is 0 Å². The van der Waals surface area contributed by atoms with Gasteiger partial charge in [-0.25, -0.2) is 0 Å². The summed E-state index contributed by atoms with van der Waals surface area (Å²) in [5, 5.41) is 0.716. The maximum absolute atomic E-state index is 6.06. The van der Waals surface area contributed by atoms with E-state index in [0.717, 1.165) is 24.2 Å². The van der Waals surface area contributed by atoms with Gasteiger partial charge in [-0.05, 0) is 50.8 Å². The van der Waals surface area contributed by atoms with Gasteiger partial charge in [0.1, 0.15) is 5.75 Å². The fourth-order valence-corrected chi connectivity index (χ4v) is 2.53. The molecule has 0 heterocycles. The summed E-state index contributed by atoms with van der Waals surface area (Å²) in [6, 6.07) is 5.67. The first-order chi connectivity index (χ1) is 8.16. The molecule has 2 N–H and O–H groups in total. The molecule has 1 aromatic rings. The molecule has 0 aliphatic heterocycles. The zero-order chi connectivity index (χ0) is 12.3. The normalized spacial score (nSPS) is 19.0. The van der Waals surface area contributed by atoms with Crippen molar-refractivity contribution in [3.63, 3.8) is 0 Å². The maximum Gasteiger partial charge on any atom is 0.124 e. The van der Waals surface area contributed by atoms with Gasteiger partial charge < -0.3 is 10.5 Å². The van der Waals surface area contributed by atoms with Gasteiger partial charge in [-0.3, -0.25) is 0 Å². The molecular weight excluding hydrogens is 234 g/mol. The third-order valence-electron chi connectivity index (χ3n) is 3.31. The highest BCUT2D eigenvalue weighted by molar-refractivity contribution is 6.30. The van der Waals surface area contributed by atoms with Crippen LogP contribution in [0, 0.1) is 0 Å². The maximum atomic E-state index is 6.06. The third kappa shape index (κ3) is 3.36. The van der Waals surface area contributed by atoms with Gasteiger partial charge in [0.25, 0.3) is 0 Å². The number of halogens is 1. The second-order valence-electron chi connectivity index (χ2n) is 4.85. The molecule has 2 rings (SSSR count). The molecular formula is C14H20ClNO. The van der Waals surface area contributed by atoms with E-state index < -0.39 is 0 Å². The average Bonchev–Trinajstić information content (AvgIpc) is 2.32. The number of hydrogen-bond donors (Lipinski definition) is 1. The van der Waals surface area contributed by atoms with Gasteiger partial charge in [-0.2, -0.15) is 0 Å². The molecule has 17 heavy (non-hydrogen) atoms. The molecule has 0 aromatic heterocycles. The summed E-state index contributed by atoms with van der Waals surface area (Å²) in [6.07, 6.45) is 6.53. The van der Waals surface area contributed by atoms with Crippen molar-refractivity contribution in [1.82, 2.24) is 0 Å². The lowest BCUT2D eigenvalue weighted by molar-refractivity contribution is 0.153. The zero-order valence-corrected chi connectivity index (χ0v) is 11.0. The number of nitrogens with two attached hydrogens (primary N) is 1. The van der Waals surface area contributed by atoms with Crippen LogP contribution in [0.3, 0.4) is 0 Å². The first-order valence-electron chi connectivity index (χ1n) is 6.38. The van der Waals surface area contributed by atoms with E-state index >= 15 is 0 Å². The Morgan fingerprint density at radius 3 is 2.65 bits per heavy atom. The molecule has 0 unspecified atom stereocenters. The Bertz CT molecular complexity index is 372. The Morgan fingerprint density at radius 2 is 2.00 bits per heavy atom. The van der Waals surface area contributed by atoms with Crippen LogP contribution in [0.25, 0.3) is 0 Å². The molecule has 94 valence electrons. The largest absolute Gasteiger partial charge is 0.490 e. The Morgan fingerprint density at radius 1 is 1.29 bits per heavy atom. The molecule has 1 saturated carbocycles. The molecule has 1 fully saturated rings. The molecule has 0 spiro atoms. The van der Waals surface area contributed by atoms with E-state index in [1.54, 1.807) is 0 Å². The van der Waals surface area contributed by atoms with Gasteiger partial charge in [-0.1, -0.05) is 18.0 Å². The summed E-state index contributed by atoms with van der Waals surface area (Å²) < 4.78 is 6.06. The predicted octanol–water partition coefficient (Wildman–Crippen LogP) is 4.07. The predicted molar refractivity (Wildman–Crippen MR) is 71.6 cm³/mol. The van der Waals surface area contributed by atoms with Crippen molar-refractivity contribution in [2.24, 2.45) is 5.73 Å². The Kier molecular flexibility index (Phi) is 4.30. The van der Waals surface area contributed by atoms with Crippen LogP contribution in [0.4, 0.5) is 0 Å². The molecule has 1 atom stereocenters. The lowest BCUT2D eigenvalue weighted by atomic mass is 9.97. The minimum Gasteiger partial charge on any atom is -0.490 e. The van der Waals surface area contributed by atoms with E-state index in [1.807, 2.05) is 25.1 Å². The highest BCUT2D eigenvalue weighted by Gasteiger charge is 2.17. The summed E-state index contributed by atoms with van der Waals surface area (Å²) in [5.74, 6) is 0.899.